The number of carbonyl (C=O) groups is 2. The predicted octanol–water partition coefficient (Wildman–Crippen LogP) is 4.42. The molecule has 0 spiro atoms. The third-order valence-electron chi connectivity index (χ3n) is 5.39. The monoisotopic (exact) mass is 404 g/mol. The fourth-order valence-corrected chi connectivity index (χ4v) is 3.77. The van der Waals surface area contributed by atoms with E-state index >= 15 is 0 Å². The van der Waals surface area contributed by atoms with Gasteiger partial charge in [0.25, 0.3) is 0 Å². The van der Waals surface area contributed by atoms with Crippen LogP contribution in [-0.2, 0) is 4.79 Å². The number of hydrogen-bond donors (Lipinski definition) is 1. The molecule has 1 N–H and O–H groups in total. The summed E-state index contributed by atoms with van der Waals surface area (Å²) in [5, 5.41) is 3.84. The van der Waals surface area contributed by atoms with Crippen LogP contribution in [0.25, 0.3) is 10.9 Å². The number of halogens is 1. The summed E-state index contributed by atoms with van der Waals surface area (Å²) in [6, 6.07) is 12.4. The third-order valence-corrected chi connectivity index (χ3v) is 5.39. The summed E-state index contributed by atoms with van der Waals surface area (Å²) in [7, 11) is 1.59. The summed E-state index contributed by atoms with van der Waals surface area (Å²) in [5.41, 5.74) is 3.91. The molecule has 0 saturated heterocycles. The first-order valence-electron chi connectivity index (χ1n) is 9.59. The zero-order valence-electron chi connectivity index (χ0n) is 16.9. The van der Waals surface area contributed by atoms with Crippen molar-refractivity contribution in [1.29, 1.82) is 0 Å². The van der Waals surface area contributed by atoms with E-state index in [9.17, 15) is 14.0 Å². The molecule has 4 rings (SSSR count). The number of pyridine rings is 1. The van der Waals surface area contributed by atoms with Crippen molar-refractivity contribution >= 4 is 34.7 Å². The van der Waals surface area contributed by atoms with Gasteiger partial charge in [0.15, 0.2) is 0 Å². The van der Waals surface area contributed by atoms with Gasteiger partial charge >= 0.3 is 6.03 Å². The van der Waals surface area contributed by atoms with Crippen molar-refractivity contribution in [3.8, 4) is 0 Å². The molecule has 0 fully saturated rings. The molecule has 1 aromatic heterocycles. The highest BCUT2D eigenvalue weighted by Crippen LogP contribution is 2.33. The van der Waals surface area contributed by atoms with Gasteiger partial charge in [0.1, 0.15) is 5.82 Å². The molecule has 2 aromatic carbocycles. The van der Waals surface area contributed by atoms with Crippen LogP contribution in [-0.4, -0.2) is 35.1 Å². The third kappa shape index (κ3) is 3.54. The summed E-state index contributed by atoms with van der Waals surface area (Å²) in [4.78, 5) is 35.2. The summed E-state index contributed by atoms with van der Waals surface area (Å²) < 4.78 is 13.4. The Morgan fingerprint density at radius 3 is 2.53 bits per heavy atom. The minimum absolute atomic E-state index is 0.302. The topological polar surface area (TPSA) is 74.7 Å². The van der Waals surface area contributed by atoms with E-state index in [1.54, 1.807) is 19.2 Å². The number of carbonyl (C=O) groups excluding carboxylic acids is 2. The molecule has 0 radical (unpaired) electrons. The Kier molecular flexibility index (Phi) is 5.03. The van der Waals surface area contributed by atoms with Crippen LogP contribution in [0.15, 0.2) is 53.5 Å². The molecule has 2 atom stereocenters. The number of aromatic nitrogens is 1. The number of anilines is 1. The molecule has 1 aliphatic heterocycles. The molecular formula is C23H21FN4O2. The number of aliphatic imine (C=N–C) groups is 1. The molecule has 0 aliphatic carbocycles. The van der Waals surface area contributed by atoms with Crippen LogP contribution in [0.5, 0.6) is 0 Å². The normalized spacial score (nSPS) is 18.7. The average molecular weight is 404 g/mol. The molecule has 7 heteroatoms. The molecule has 152 valence electrons. The Hall–Kier alpha value is -3.61. The molecule has 1 unspecified atom stereocenters. The Morgan fingerprint density at radius 1 is 1.07 bits per heavy atom. The van der Waals surface area contributed by atoms with Crippen molar-refractivity contribution in [2.24, 2.45) is 10.9 Å². The lowest BCUT2D eigenvalue weighted by atomic mass is 9.90. The van der Waals surface area contributed by atoms with E-state index in [4.69, 9.17) is 0 Å². The van der Waals surface area contributed by atoms with Gasteiger partial charge in [-0.2, -0.15) is 0 Å². The first-order chi connectivity index (χ1) is 14.3. The van der Waals surface area contributed by atoms with Gasteiger partial charge in [0.2, 0.25) is 5.91 Å². The highest BCUT2D eigenvalue weighted by atomic mass is 19.1. The number of urea groups is 1. The van der Waals surface area contributed by atoms with E-state index in [0.29, 0.717) is 11.3 Å². The second-order valence-electron chi connectivity index (χ2n) is 7.46. The SMILES string of the molecule is Cc1ccc2c(NC(=O)C3C=NC(=O)N(C)[C@H]3c3ccc(F)cc3)c(C)ccc2n1. The molecule has 6 nitrogen and oxygen atoms in total. The number of nitrogens with one attached hydrogen (secondary N) is 1. The maximum absolute atomic E-state index is 13.4. The lowest BCUT2D eigenvalue weighted by Crippen LogP contribution is -2.43. The van der Waals surface area contributed by atoms with Crippen molar-refractivity contribution in [1.82, 2.24) is 9.88 Å². The average Bonchev–Trinajstić information content (AvgIpc) is 2.72. The van der Waals surface area contributed by atoms with Crippen molar-refractivity contribution in [2.45, 2.75) is 19.9 Å². The number of aryl methyl sites for hydroxylation is 2. The van der Waals surface area contributed by atoms with Gasteiger partial charge in [-0.25, -0.2) is 14.2 Å². The van der Waals surface area contributed by atoms with Crippen molar-refractivity contribution in [3.63, 3.8) is 0 Å². The number of nitrogens with zero attached hydrogens (tertiary/aromatic N) is 3. The Balaban J connectivity index is 1.72. The van der Waals surface area contributed by atoms with Crippen molar-refractivity contribution in [2.75, 3.05) is 12.4 Å². The van der Waals surface area contributed by atoms with Gasteiger partial charge in [-0.3, -0.25) is 9.78 Å². The second-order valence-corrected chi connectivity index (χ2v) is 7.46. The smallest absolute Gasteiger partial charge is 0.325 e. The summed E-state index contributed by atoms with van der Waals surface area (Å²) >= 11 is 0. The number of amides is 3. The van der Waals surface area contributed by atoms with Crippen molar-refractivity contribution in [3.05, 3.63) is 71.2 Å². The van der Waals surface area contributed by atoms with Gasteiger partial charge in [0.05, 0.1) is 23.2 Å². The summed E-state index contributed by atoms with van der Waals surface area (Å²) in [5.74, 6) is -1.41. The molecule has 30 heavy (non-hydrogen) atoms. The largest absolute Gasteiger partial charge is 0.343 e. The number of benzene rings is 2. The van der Waals surface area contributed by atoms with Crippen LogP contribution in [0.2, 0.25) is 0 Å². The standard InChI is InChI=1S/C23H21FN4O2/c1-13-4-11-19-17(10-5-14(2)26-19)20(13)27-22(29)18-12-25-23(30)28(3)21(18)15-6-8-16(24)9-7-15/h4-12,18,21H,1-3H3,(H,27,29)/t18?,21-/m0/s1. The molecule has 3 amide bonds. The van der Waals surface area contributed by atoms with Crippen LogP contribution in [0.1, 0.15) is 22.9 Å². The molecule has 0 saturated carbocycles. The molecule has 1 aliphatic rings. The summed E-state index contributed by atoms with van der Waals surface area (Å²) in [6.07, 6.45) is 1.37. The lowest BCUT2D eigenvalue weighted by molar-refractivity contribution is -0.119. The lowest BCUT2D eigenvalue weighted by Gasteiger charge is -2.34. The van der Waals surface area contributed by atoms with E-state index < -0.39 is 18.0 Å². The molecular weight excluding hydrogens is 383 g/mol. The quantitative estimate of drug-likeness (QED) is 0.702. The predicted molar refractivity (Wildman–Crippen MR) is 114 cm³/mol. The van der Waals surface area contributed by atoms with Gasteiger partial charge in [-0.15, -0.1) is 0 Å². The highest BCUT2D eigenvalue weighted by Gasteiger charge is 2.37. The molecule has 2 heterocycles. The van der Waals surface area contributed by atoms with Crippen LogP contribution >= 0.6 is 0 Å². The van der Waals surface area contributed by atoms with E-state index in [2.05, 4.69) is 15.3 Å². The maximum Gasteiger partial charge on any atom is 0.343 e. The van der Waals surface area contributed by atoms with Crippen LogP contribution in [0, 0.1) is 25.6 Å². The maximum atomic E-state index is 13.4. The Morgan fingerprint density at radius 2 is 1.80 bits per heavy atom. The minimum Gasteiger partial charge on any atom is -0.325 e. The second kappa shape index (κ2) is 7.67. The fraction of sp³-hybridized carbons (Fsp3) is 0.217. The van der Waals surface area contributed by atoms with Crippen LogP contribution in [0.4, 0.5) is 14.9 Å². The van der Waals surface area contributed by atoms with E-state index in [1.807, 2.05) is 38.1 Å². The first-order valence-corrected chi connectivity index (χ1v) is 9.59. The van der Waals surface area contributed by atoms with E-state index in [1.165, 1.54) is 23.2 Å². The first kappa shape index (κ1) is 19.7. The fourth-order valence-electron chi connectivity index (χ4n) is 3.77. The van der Waals surface area contributed by atoms with Gasteiger partial charge in [-0.05, 0) is 55.3 Å². The Labute approximate surface area is 173 Å². The van der Waals surface area contributed by atoms with Crippen LogP contribution < -0.4 is 5.32 Å². The van der Waals surface area contributed by atoms with Crippen molar-refractivity contribution < 1.29 is 14.0 Å². The molecule has 0 bridgehead atoms. The van der Waals surface area contributed by atoms with Gasteiger partial charge in [0, 0.05) is 24.3 Å². The molecule has 3 aromatic rings. The van der Waals surface area contributed by atoms with E-state index in [-0.39, 0.29) is 11.7 Å². The minimum atomic E-state index is -0.730. The van der Waals surface area contributed by atoms with E-state index in [0.717, 1.165) is 22.2 Å². The number of rotatable bonds is 3. The van der Waals surface area contributed by atoms with Crippen LogP contribution in [0.3, 0.4) is 0 Å². The zero-order valence-corrected chi connectivity index (χ0v) is 16.9. The Bertz CT molecular complexity index is 1170. The summed E-state index contributed by atoms with van der Waals surface area (Å²) in [6.45, 7) is 3.83. The van der Waals surface area contributed by atoms with Gasteiger partial charge in [-0.1, -0.05) is 18.2 Å². The van der Waals surface area contributed by atoms with Gasteiger partial charge < -0.3 is 10.2 Å². The number of fused-ring (bicyclic) bond motifs is 1. The number of hydrogen-bond acceptors (Lipinski definition) is 3. The highest BCUT2D eigenvalue weighted by molar-refractivity contribution is 6.09. The zero-order chi connectivity index (χ0) is 21.4.